The molecule has 328 valence electrons. The summed E-state index contributed by atoms with van der Waals surface area (Å²) in [5.74, 6) is -23.0. The summed E-state index contributed by atoms with van der Waals surface area (Å²) < 4.78 is 155. The normalized spacial score (nSPS) is 11.8. The van der Waals surface area contributed by atoms with E-state index in [9.17, 15) is 31.1 Å². The lowest BCUT2D eigenvalue weighted by atomic mass is 10.0. The van der Waals surface area contributed by atoms with E-state index in [0.29, 0.717) is 11.3 Å². The average molecular weight is 922 g/mol. The summed E-state index contributed by atoms with van der Waals surface area (Å²) in [4.78, 5) is 37.0. The second-order valence-corrected chi connectivity index (χ2v) is 14.3. The maximum atomic E-state index is 15.7. The third-order valence-electron chi connectivity index (χ3n) is 10.2. The fourth-order valence-electron chi connectivity index (χ4n) is 7.19. The largest absolute Gasteiger partial charge is 0.468 e. The monoisotopic (exact) mass is 921 g/mol. The third-order valence-corrected chi connectivity index (χ3v) is 10.3. The number of aromatic amines is 3. The minimum Gasteiger partial charge on any atom is -0.468 e. The van der Waals surface area contributed by atoms with Crippen molar-refractivity contribution in [2.75, 3.05) is 24.3 Å². The fourth-order valence-corrected chi connectivity index (χ4v) is 7.35. The van der Waals surface area contributed by atoms with Gasteiger partial charge in [-0.15, -0.1) is 0 Å². The number of rotatable bonds is 8. The first-order chi connectivity index (χ1) is 31.1. The maximum absolute atomic E-state index is 15.7. The number of ether oxygens (including phenoxy) is 1. The van der Waals surface area contributed by atoms with Gasteiger partial charge in [-0.25, -0.2) is 48.9 Å². The van der Waals surface area contributed by atoms with Gasteiger partial charge in [0.25, 0.3) is 0 Å². The number of fused-ring (bicyclic) bond motifs is 9. The highest BCUT2D eigenvalue weighted by Gasteiger charge is 2.31. The van der Waals surface area contributed by atoms with Crippen molar-refractivity contribution < 1.29 is 53.4 Å². The predicted octanol–water partition coefficient (Wildman–Crippen LogP) is 11.3. The molecule has 22 heteroatoms. The van der Waals surface area contributed by atoms with Crippen molar-refractivity contribution in [1.82, 2.24) is 34.9 Å². The molecule has 0 saturated carbocycles. The zero-order chi connectivity index (χ0) is 46.0. The van der Waals surface area contributed by atoms with Crippen LogP contribution in [0.2, 0.25) is 5.28 Å². The summed E-state index contributed by atoms with van der Waals surface area (Å²) >= 11 is 6.07. The third kappa shape index (κ3) is 7.37. The van der Waals surface area contributed by atoms with Crippen LogP contribution in [-0.2, 0) is 9.53 Å². The highest BCUT2D eigenvalue weighted by molar-refractivity contribution is 6.28. The maximum Gasteiger partial charge on any atom is 0.325 e. The molecule has 5 aromatic heterocycles. The van der Waals surface area contributed by atoms with Crippen molar-refractivity contribution >= 4 is 80.4 Å². The molecule has 8 bridgehead atoms. The van der Waals surface area contributed by atoms with Crippen LogP contribution in [0.5, 0.6) is 0 Å². The number of H-pyrrole nitrogens is 3. The lowest BCUT2D eigenvalue weighted by Gasteiger charge is -2.10. The Hall–Kier alpha value is -7.94. The number of hydrogen-bond donors (Lipinski definition) is 5. The van der Waals surface area contributed by atoms with Gasteiger partial charge in [-0.3, -0.25) is 4.79 Å². The summed E-state index contributed by atoms with van der Waals surface area (Å²) in [5.41, 5.74) is -3.44. The molecule has 65 heavy (non-hydrogen) atoms. The van der Waals surface area contributed by atoms with Crippen LogP contribution in [0.25, 0.3) is 78.6 Å². The zero-order valence-corrected chi connectivity index (χ0v) is 33.2. The van der Waals surface area contributed by atoms with E-state index < -0.39 is 86.4 Å². The van der Waals surface area contributed by atoms with Gasteiger partial charge in [0.05, 0.1) is 40.7 Å². The Kier molecular flexibility index (Phi) is 10.6. The van der Waals surface area contributed by atoms with Crippen molar-refractivity contribution in [3.63, 3.8) is 0 Å². The van der Waals surface area contributed by atoms with Crippen molar-refractivity contribution in [3.05, 3.63) is 136 Å². The first-order valence-corrected chi connectivity index (χ1v) is 19.0. The quantitative estimate of drug-likeness (QED) is 0.0438. The number of carbonyl (C=O) groups is 1. The van der Waals surface area contributed by atoms with Gasteiger partial charge < -0.3 is 30.3 Å². The van der Waals surface area contributed by atoms with Crippen LogP contribution in [0.1, 0.15) is 11.4 Å². The minimum atomic E-state index is -2.39. The summed E-state index contributed by atoms with van der Waals surface area (Å²) in [6.07, 6.45) is 2.62. The number of hydrogen-bond acceptors (Lipinski definition) is 8. The Morgan fingerprint density at radius 3 is 1.45 bits per heavy atom. The molecule has 6 heterocycles. The number of carbonyl (C=O) groups excluding carboxylic acids is 1. The molecular weight excluding hydrogens is 900 g/mol. The molecule has 0 atom stereocenters. The molecule has 0 radical (unpaired) electrons. The molecule has 0 unspecified atom stereocenters. The van der Waals surface area contributed by atoms with Crippen LogP contribution < -0.4 is 10.6 Å². The smallest absolute Gasteiger partial charge is 0.325 e. The molecule has 1 aliphatic rings. The second kappa shape index (κ2) is 16.3. The number of anilines is 3. The van der Waals surface area contributed by atoms with E-state index in [0.717, 1.165) is 0 Å². The molecule has 8 aromatic rings. The van der Waals surface area contributed by atoms with E-state index in [1.54, 1.807) is 0 Å². The van der Waals surface area contributed by atoms with E-state index in [1.165, 1.54) is 79.9 Å². The predicted molar refractivity (Wildman–Crippen MR) is 220 cm³/mol. The van der Waals surface area contributed by atoms with Gasteiger partial charge in [0.2, 0.25) is 28.8 Å². The molecular formula is C43H22ClF10N9O2. The van der Waals surface area contributed by atoms with Gasteiger partial charge in [0.15, 0.2) is 46.5 Å². The van der Waals surface area contributed by atoms with Crippen LogP contribution in [0.4, 0.5) is 61.5 Å². The van der Waals surface area contributed by atoms with Crippen molar-refractivity contribution in [2.45, 2.75) is 0 Å². The van der Waals surface area contributed by atoms with Crippen molar-refractivity contribution in [3.8, 4) is 33.4 Å². The molecule has 5 N–H and O–H groups in total. The van der Waals surface area contributed by atoms with E-state index >= 15 is 17.6 Å². The molecule has 0 amide bonds. The van der Waals surface area contributed by atoms with Crippen LogP contribution >= 0.6 is 11.6 Å². The number of aromatic nitrogens is 7. The SMILES string of the molecule is COC(=O)CNc1nc(Cl)nc(Nc2ccc(-c3c4nc(c(-c5c(F)c(F)c(F)c(F)c5F)c5ccc([nH]5)c5ccc([nH]5)c(-c5c(F)c(F)c(F)c(F)c5F)c5ccc3[nH]5)C=C4)cc2)n1. The number of nitrogens with one attached hydrogen (secondary N) is 5. The van der Waals surface area contributed by atoms with Gasteiger partial charge >= 0.3 is 5.97 Å². The molecule has 0 fully saturated rings. The number of methoxy groups -OCH3 is 1. The van der Waals surface area contributed by atoms with Crippen LogP contribution in [-0.4, -0.2) is 54.5 Å². The summed E-state index contributed by atoms with van der Waals surface area (Å²) in [6.45, 7) is -0.290. The Balaban J connectivity index is 1.32. The molecule has 11 nitrogen and oxygen atoms in total. The van der Waals surface area contributed by atoms with Crippen LogP contribution in [0.15, 0.2) is 60.7 Å². The average Bonchev–Trinajstić information content (AvgIpc) is 4.15. The number of esters is 1. The molecule has 0 spiro atoms. The molecule has 3 aromatic carbocycles. The van der Waals surface area contributed by atoms with E-state index in [2.05, 4.69) is 50.3 Å². The first kappa shape index (κ1) is 42.4. The van der Waals surface area contributed by atoms with Gasteiger partial charge in [0, 0.05) is 44.4 Å². The highest BCUT2D eigenvalue weighted by Crippen LogP contribution is 2.41. The Labute approximate surface area is 361 Å². The molecule has 0 saturated heterocycles. The van der Waals surface area contributed by atoms with Gasteiger partial charge in [-0.1, -0.05) is 12.1 Å². The van der Waals surface area contributed by atoms with Crippen LogP contribution in [0.3, 0.4) is 0 Å². The first-order valence-electron chi connectivity index (χ1n) is 18.6. The van der Waals surface area contributed by atoms with Crippen molar-refractivity contribution in [1.29, 1.82) is 0 Å². The van der Waals surface area contributed by atoms with E-state index in [-0.39, 0.29) is 73.8 Å². The lowest BCUT2D eigenvalue weighted by molar-refractivity contribution is -0.138. The van der Waals surface area contributed by atoms with Gasteiger partial charge in [-0.2, -0.15) is 15.0 Å². The topological polar surface area (TPSA) is 149 Å². The van der Waals surface area contributed by atoms with Gasteiger partial charge in [0.1, 0.15) is 6.54 Å². The lowest BCUT2D eigenvalue weighted by Crippen LogP contribution is -2.17. The highest BCUT2D eigenvalue weighted by atomic mass is 35.5. The Bertz CT molecular complexity index is 3410. The Morgan fingerprint density at radius 1 is 0.508 bits per heavy atom. The van der Waals surface area contributed by atoms with Crippen LogP contribution in [0, 0.1) is 58.2 Å². The van der Waals surface area contributed by atoms with E-state index in [4.69, 9.17) is 11.6 Å². The van der Waals surface area contributed by atoms with Gasteiger partial charge in [-0.05, 0) is 77.8 Å². The van der Waals surface area contributed by atoms with E-state index in [1.807, 2.05) is 0 Å². The molecule has 9 rings (SSSR count). The Morgan fingerprint density at radius 2 is 0.923 bits per heavy atom. The summed E-state index contributed by atoms with van der Waals surface area (Å²) in [6, 6.07) is 14.0. The van der Waals surface area contributed by atoms with Crippen molar-refractivity contribution in [2.24, 2.45) is 0 Å². The molecule has 0 aliphatic carbocycles. The zero-order valence-electron chi connectivity index (χ0n) is 32.4. The fraction of sp³-hybridized carbons (Fsp3) is 0.0465. The minimum absolute atomic E-state index is 0.00190. The summed E-state index contributed by atoms with van der Waals surface area (Å²) in [5, 5.41) is 5.32. The number of halogens is 11. The number of nitrogens with zero attached hydrogens (tertiary/aromatic N) is 4. The number of benzene rings is 3. The standard InChI is InChI=1S/C43H22ClF10N9O2/c1-65-25(64)14-55-42-61-41(44)62-43(63-42)56-16-4-2-15(3-5-16)26-19-10-12-23(59-19)27(29-31(45)35(49)39(53)36(50)32(29)46)21-8-6-17(57-21)18-7-9-22(58-18)28(24-13-11-20(26)60-24)30-33(47)37(51)40(54)38(52)34(30)48/h2-13,57-59H,14H2,1H3,(H2,55,56,61,62,63). The second-order valence-electron chi connectivity index (χ2n) is 14.0. The molecule has 1 aliphatic heterocycles. The summed E-state index contributed by atoms with van der Waals surface area (Å²) in [7, 11) is 1.19.